The smallest absolute Gasteiger partial charge is 0.154 e. The van der Waals surface area contributed by atoms with Crippen LogP contribution in [0, 0.1) is 0 Å². The molecule has 0 atom stereocenters. The van der Waals surface area contributed by atoms with E-state index in [-0.39, 0.29) is 5.78 Å². The van der Waals surface area contributed by atoms with Crippen LogP contribution in [0.5, 0.6) is 0 Å². The first kappa shape index (κ1) is 9.32. The summed E-state index contributed by atoms with van der Waals surface area (Å²) >= 11 is 0. The van der Waals surface area contributed by atoms with Gasteiger partial charge in [0, 0.05) is 17.5 Å². The Morgan fingerprint density at radius 1 is 1.46 bits per heavy atom. The van der Waals surface area contributed by atoms with E-state index in [0.29, 0.717) is 11.4 Å². The van der Waals surface area contributed by atoms with Crippen LogP contribution in [-0.2, 0) is 4.79 Å². The number of allylic oxidation sites excluding steroid dienone is 1. The standard InChI is InChI=1S/C10H12N2O/c1-7(13)5-10(12)8-3-2-4-9(11)6-8/h2-6H,11-12H2,1H3/b10-5+. The highest BCUT2D eigenvalue weighted by atomic mass is 16.1. The van der Waals surface area contributed by atoms with Crippen molar-refractivity contribution < 1.29 is 4.79 Å². The van der Waals surface area contributed by atoms with Gasteiger partial charge >= 0.3 is 0 Å². The number of anilines is 1. The van der Waals surface area contributed by atoms with Crippen LogP contribution in [0.1, 0.15) is 12.5 Å². The van der Waals surface area contributed by atoms with Gasteiger partial charge in [0.05, 0.1) is 0 Å². The molecule has 1 rings (SSSR count). The third-order valence-corrected chi connectivity index (χ3v) is 1.58. The molecule has 0 spiro atoms. The number of carbonyl (C=O) groups is 1. The van der Waals surface area contributed by atoms with Gasteiger partial charge in [-0.1, -0.05) is 12.1 Å². The van der Waals surface area contributed by atoms with Crippen molar-refractivity contribution in [3.8, 4) is 0 Å². The Balaban J connectivity index is 3.02. The van der Waals surface area contributed by atoms with Crippen molar-refractivity contribution >= 4 is 17.2 Å². The fourth-order valence-electron chi connectivity index (χ4n) is 1.02. The molecule has 0 unspecified atom stereocenters. The maximum atomic E-state index is 10.7. The van der Waals surface area contributed by atoms with Crippen molar-refractivity contribution in [2.45, 2.75) is 6.92 Å². The number of carbonyl (C=O) groups excluding carboxylic acids is 1. The van der Waals surface area contributed by atoms with Crippen LogP contribution in [0.2, 0.25) is 0 Å². The molecule has 0 radical (unpaired) electrons. The number of ketones is 1. The molecule has 0 bridgehead atoms. The molecular weight excluding hydrogens is 164 g/mol. The van der Waals surface area contributed by atoms with Crippen molar-refractivity contribution in [1.82, 2.24) is 0 Å². The highest BCUT2D eigenvalue weighted by Crippen LogP contribution is 2.12. The van der Waals surface area contributed by atoms with Crippen LogP contribution >= 0.6 is 0 Å². The summed E-state index contributed by atoms with van der Waals surface area (Å²) < 4.78 is 0. The summed E-state index contributed by atoms with van der Waals surface area (Å²) in [6.07, 6.45) is 1.38. The molecule has 3 heteroatoms. The number of nitrogens with two attached hydrogens (primary N) is 2. The van der Waals surface area contributed by atoms with Crippen molar-refractivity contribution in [2.75, 3.05) is 5.73 Å². The average Bonchev–Trinajstić information content (AvgIpc) is 2.03. The normalized spacial score (nSPS) is 11.3. The Bertz CT molecular complexity index is 356. The van der Waals surface area contributed by atoms with E-state index in [4.69, 9.17) is 11.5 Å². The lowest BCUT2D eigenvalue weighted by Crippen LogP contribution is -1.99. The van der Waals surface area contributed by atoms with E-state index < -0.39 is 0 Å². The maximum Gasteiger partial charge on any atom is 0.154 e. The fraction of sp³-hybridized carbons (Fsp3) is 0.100. The Labute approximate surface area is 77.0 Å². The first-order chi connectivity index (χ1) is 6.09. The predicted molar refractivity (Wildman–Crippen MR) is 53.7 cm³/mol. The quantitative estimate of drug-likeness (QED) is 0.524. The molecular formula is C10H12N2O. The van der Waals surface area contributed by atoms with Crippen LogP contribution in [0.3, 0.4) is 0 Å². The van der Waals surface area contributed by atoms with E-state index in [1.165, 1.54) is 13.0 Å². The SMILES string of the molecule is CC(=O)/C=C(/N)c1cccc(N)c1. The summed E-state index contributed by atoms with van der Waals surface area (Å²) in [7, 11) is 0. The number of hydrogen-bond donors (Lipinski definition) is 2. The van der Waals surface area contributed by atoms with Gasteiger partial charge in [-0.15, -0.1) is 0 Å². The van der Waals surface area contributed by atoms with E-state index in [9.17, 15) is 4.79 Å². The van der Waals surface area contributed by atoms with E-state index >= 15 is 0 Å². The zero-order valence-electron chi connectivity index (χ0n) is 7.45. The first-order valence-electron chi connectivity index (χ1n) is 3.93. The molecule has 0 fully saturated rings. The van der Waals surface area contributed by atoms with Gasteiger partial charge in [0.25, 0.3) is 0 Å². The van der Waals surface area contributed by atoms with Gasteiger partial charge in [0.15, 0.2) is 5.78 Å². The van der Waals surface area contributed by atoms with Gasteiger partial charge < -0.3 is 11.5 Å². The number of nitrogen functional groups attached to an aromatic ring is 1. The largest absolute Gasteiger partial charge is 0.399 e. The Kier molecular flexibility index (Phi) is 2.69. The van der Waals surface area contributed by atoms with Crippen molar-refractivity contribution in [3.05, 3.63) is 35.9 Å². The predicted octanol–water partition coefficient (Wildman–Crippen LogP) is 1.16. The van der Waals surface area contributed by atoms with Crippen LogP contribution in [-0.4, -0.2) is 5.78 Å². The molecule has 1 aromatic rings. The topological polar surface area (TPSA) is 69.1 Å². The highest BCUT2D eigenvalue weighted by molar-refractivity contribution is 5.94. The van der Waals surface area contributed by atoms with Crippen molar-refractivity contribution in [2.24, 2.45) is 5.73 Å². The molecule has 13 heavy (non-hydrogen) atoms. The monoisotopic (exact) mass is 176 g/mol. The Morgan fingerprint density at radius 2 is 2.15 bits per heavy atom. The number of benzene rings is 1. The number of rotatable bonds is 2. The molecule has 68 valence electrons. The minimum Gasteiger partial charge on any atom is -0.399 e. The zero-order chi connectivity index (χ0) is 9.84. The summed E-state index contributed by atoms with van der Waals surface area (Å²) in [4.78, 5) is 10.7. The van der Waals surface area contributed by atoms with Crippen LogP contribution < -0.4 is 11.5 Å². The lowest BCUT2D eigenvalue weighted by atomic mass is 10.1. The molecule has 0 saturated heterocycles. The minimum atomic E-state index is -0.0695. The lowest BCUT2D eigenvalue weighted by molar-refractivity contribution is -0.112. The molecule has 0 heterocycles. The molecule has 0 amide bonds. The van der Waals surface area contributed by atoms with E-state index in [1.807, 2.05) is 6.07 Å². The second kappa shape index (κ2) is 3.76. The minimum absolute atomic E-state index is 0.0695. The van der Waals surface area contributed by atoms with E-state index in [0.717, 1.165) is 5.56 Å². The van der Waals surface area contributed by atoms with Gasteiger partial charge in [-0.2, -0.15) is 0 Å². The van der Waals surface area contributed by atoms with Gasteiger partial charge in [0.1, 0.15) is 0 Å². The fourth-order valence-corrected chi connectivity index (χ4v) is 1.02. The summed E-state index contributed by atoms with van der Waals surface area (Å²) in [5, 5.41) is 0. The molecule has 0 aliphatic rings. The molecule has 3 nitrogen and oxygen atoms in total. The summed E-state index contributed by atoms with van der Waals surface area (Å²) in [5.74, 6) is -0.0695. The van der Waals surface area contributed by atoms with Gasteiger partial charge in [-0.05, 0) is 24.6 Å². The van der Waals surface area contributed by atoms with Gasteiger partial charge in [-0.3, -0.25) is 4.79 Å². The van der Waals surface area contributed by atoms with E-state index in [1.54, 1.807) is 18.2 Å². The summed E-state index contributed by atoms with van der Waals surface area (Å²) in [6, 6.07) is 7.11. The van der Waals surface area contributed by atoms with Crippen LogP contribution in [0.15, 0.2) is 30.3 Å². The van der Waals surface area contributed by atoms with Crippen LogP contribution in [0.4, 0.5) is 5.69 Å². The Morgan fingerprint density at radius 3 is 2.69 bits per heavy atom. The van der Waals surface area contributed by atoms with Crippen molar-refractivity contribution in [3.63, 3.8) is 0 Å². The average molecular weight is 176 g/mol. The summed E-state index contributed by atoms with van der Waals surface area (Å²) in [5.41, 5.74) is 13.1. The molecule has 1 aromatic carbocycles. The third kappa shape index (κ3) is 2.63. The van der Waals surface area contributed by atoms with Crippen LogP contribution in [0.25, 0.3) is 5.70 Å². The lowest BCUT2D eigenvalue weighted by Gasteiger charge is -2.01. The molecule has 0 aliphatic heterocycles. The van der Waals surface area contributed by atoms with Gasteiger partial charge in [0.2, 0.25) is 0 Å². The van der Waals surface area contributed by atoms with Crippen molar-refractivity contribution in [1.29, 1.82) is 0 Å². The summed E-state index contributed by atoms with van der Waals surface area (Å²) in [6.45, 7) is 1.46. The molecule has 0 aliphatic carbocycles. The molecule has 4 N–H and O–H groups in total. The molecule has 0 saturated carbocycles. The maximum absolute atomic E-state index is 10.7. The van der Waals surface area contributed by atoms with E-state index in [2.05, 4.69) is 0 Å². The zero-order valence-corrected chi connectivity index (χ0v) is 7.45. The highest BCUT2D eigenvalue weighted by Gasteiger charge is 1.97. The molecule has 0 aromatic heterocycles. The number of hydrogen-bond acceptors (Lipinski definition) is 3. The second-order valence-corrected chi connectivity index (χ2v) is 2.84. The first-order valence-corrected chi connectivity index (χ1v) is 3.93. The Hall–Kier alpha value is -1.77. The third-order valence-electron chi connectivity index (χ3n) is 1.58. The second-order valence-electron chi connectivity index (χ2n) is 2.84. The van der Waals surface area contributed by atoms with Gasteiger partial charge in [-0.25, -0.2) is 0 Å².